The summed E-state index contributed by atoms with van der Waals surface area (Å²) in [4.78, 5) is 11.7. The van der Waals surface area contributed by atoms with E-state index in [4.69, 9.17) is 9.94 Å². The molecule has 5 nitrogen and oxygen atoms in total. The molecule has 0 fully saturated rings. The normalized spacial score (nSPS) is 14.1. The molecular weight excluding hydrogens is 208 g/mol. The maximum atomic E-state index is 11.7. The number of amides is 1. The Balaban J connectivity index is 5.00. The van der Waals surface area contributed by atoms with Gasteiger partial charge in [-0.25, -0.2) is 0 Å². The minimum Gasteiger partial charge on any atom is -0.474 e. The summed E-state index contributed by atoms with van der Waals surface area (Å²) in [5.41, 5.74) is -0.400. The first-order valence-electron chi connectivity index (χ1n) is 5.05. The highest BCUT2D eigenvalue weighted by molar-refractivity contribution is 6.00. The molecule has 0 spiro atoms. The topological polar surface area (TPSA) is 70.9 Å². The van der Waals surface area contributed by atoms with Crippen molar-refractivity contribution >= 4 is 11.8 Å². The summed E-state index contributed by atoms with van der Waals surface area (Å²) in [5, 5.41) is 14.5. The van der Waals surface area contributed by atoms with E-state index in [0.29, 0.717) is 0 Å². The molecule has 0 aliphatic carbocycles. The van der Waals surface area contributed by atoms with Gasteiger partial charge in [0.2, 0.25) is 11.8 Å². The van der Waals surface area contributed by atoms with Gasteiger partial charge in [0.25, 0.3) is 0 Å². The van der Waals surface area contributed by atoms with E-state index in [9.17, 15) is 4.79 Å². The average molecular weight is 228 g/mol. The molecule has 1 unspecified atom stereocenters. The van der Waals surface area contributed by atoms with E-state index in [2.05, 4.69) is 17.1 Å². The number of ether oxygens (including phenoxy) is 1. The lowest BCUT2D eigenvalue weighted by Crippen LogP contribution is -2.42. The molecule has 0 heterocycles. The molecule has 0 aromatic heterocycles. The van der Waals surface area contributed by atoms with Gasteiger partial charge in [-0.3, -0.25) is 4.79 Å². The van der Waals surface area contributed by atoms with Gasteiger partial charge < -0.3 is 15.3 Å². The molecule has 5 heteroatoms. The predicted molar refractivity (Wildman–Crippen MR) is 62.4 cm³/mol. The predicted octanol–water partition coefficient (Wildman–Crippen LogP) is 1.39. The standard InChI is InChI=1S/C11H20N2O3/c1-6-7-16-10(13-15)8(9(14)12-5)11(2,3)4/h6,8,15H,1,7H2,2-5H3,(H,12,14). The van der Waals surface area contributed by atoms with E-state index in [1.54, 1.807) is 0 Å². The van der Waals surface area contributed by atoms with Gasteiger partial charge in [-0.2, -0.15) is 0 Å². The van der Waals surface area contributed by atoms with Gasteiger partial charge in [-0.05, 0) is 5.41 Å². The monoisotopic (exact) mass is 228 g/mol. The molecule has 16 heavy (non-hydrogen) atoms. The van der Waals surface area contributed by atoms with Crippen molar-refractivity contribution in [2.75, 3.05) is 13.7 Å². The molecule has 1 atom stereocenters. The summed E-state index contributed by atoms with van der Waals surface area (Å²) in [6, 6.07) is 0. The van der Waals surface area contributed by atoms with E-state index in [0.717, 1.165) is 0 Å². The maximum Gasteiger partial charge on any atom is 0.238 e. The Morgan fingerprint density at radius 3 is 2.50 bits per heavy atom. The number of carbonyl (C=O) groups excluding carboxylic acids is 1. The highest BCUT2D eigenvalue weighted by atomic mass is 16.5. The van der Waals surface area contributed by atoms with Crippen molar-refractivity contribution in [1.29, 1.82) is 0 Å². The molecule has 0 radical (unpaired) electrons. The van der Waals surface area contributed by atoms with Crippen molar-refractivity contribution in [2.45, 2.75) is 20.8 Å². The van der Waals surface area contributed by atoms with Crippen molar-refractivity contribution in [3.8, 4) is 0 Å². The molecule has 0 aromatic rings. The second kappa shape index (κ2) is 6.15. The number of hydrogen-bond acceptors (Lipinski definition) is 4. The zero-order valence-electron chi connectivity index (χ0n) is 10.3. The summed E-state index contributed by atoms with van der Waals surface area (Å²) >= 11 is 0. The van der Waals surface area contributed by atoms with Crippen LogP contribution in [-0.4, -0.2) is 30.7 Å². The SMILES string of the molecule is C=CCOC(=NO)C(C(=O)NC)C(C)(C)C. The molecule has 92 valence electrons. The fraction of sp³-hybridized carbons (Fsp3) is 0.636. The Bertz CT molecular complexity index is 279. The molecule has 0 aromatic carbocycles. The van der Waals surface area contributed by atoms with Crippen LogP contribution in [0.5, 0.6) is 0 Å². The van der Waals surface area contributed by atoms with Crippen LogP contribution in [0.2, 0.25) is 0 Å². The molecular formula is C11H20N2O3. The first-order chi connectivity index (χ1) is 7.38. The van der Waals surface area contributed by atoms with E-state index in [1.807, 2.05) is 20.8 Å². The van der Waals surface area contributed by atoms with Crippen LogP contribution in [0.1, 0.15) is 20.8 Å². The molecule has 0 saturated carbocycles. The Morgan fingerprint density at radius 2 is 2.19 bits per heavy atom. The number of rotatable bonds is 4. The van der Waals surface area contributed by atoms with Crippen molar-refractivity contribution in [3.05, 3.63) is 12.7 Å². The van der Waals surface area contributed by atoms with E-state index in [-0.39, 0.29) is 18.4 Å². The Hall–Kier alpha value is -1.52. The lowest BCUT2D eigenvalue weighted by atomic mass is 9.80. The van der Waals surface area contributed by atoms with Crippen LogP contribution in [0.25, 0.3) is 0 Å². The van der Waals surface area contributed by atoms with Gasteiger partial charge in [0, 0.05) is 7.05 Å². The summed E-state index contributed by atoms with van der Waals surface area (Å²) in [6.07, 6.45) is 1.52. The summed E-state index contributed by atoms with van der Waals surface area (Å²) in [6.45, 7) is 9.30. The fourth-order valence-corrected chi connectivity index (χ4v) is 1.33. The lowest BCUT2D eigenvalue weighted by molar-refractivity contribution is -0.125. The van der Waals surface area contributed by atoms with Crippen LogP contribution in [0.15, 0.2) is 17.8 Å². The number of oxime groups is 1. The fourth-order valence-electron chi connectivity index (χ4n) is 1.33. The van der Waals surface area contributed by atoms with Gasteiger partial charge >= 0.3 is 0 Å². The molecule has 0 aliphatic rings. The summed E-state index contributed by atoms with van der Waals surface area (Å²) in [5.74, 6) is -0.876. The highest BCUT2D eigenvalue weighted by Gasteiger charge is 2.37. The number of nitrogens with one attached hydrogen (secondary N) is 1. The third kappa shape index (κ3) is 3.92. The van der Waals surface area contributed by atoms with Crippen LogP contribution in [0.4, 0.5) is 0 Å². The van der Waals surface area contributed by atoms with Crippen molar-refractivity contribution in [2.24, 2.45) is 16.5 Å². The lowest BCUT2D eigenvalue weighted by Gasteiger charge is -2.28. The van der Waals surface area contributed by atoms with Crippen LogP contribution >= 0.6 is 0 Å². The largest absolute Gasteiger partial charge is 0.474 e. The molecule has 0 saturated heterocycles. The zero-order chi connectivity index (χ0) is 12.8. The summed E-state index contributed by atoms with van der Waals surface area (Å²) in [7, 11) is 1.53. The Labute approximate surface area is 96.2 Å². The second-order valence-corrected chi connectivity index (χ2v) is 4.45. The highest BCUT2D eigenvalue weighted by Crippen LogP contribution is 2.27. The van der Waals surface area contributed by atoms with Crippen LogP contribution in [0.3, 0.4) is 0 Å². The molecule has 0 aliphatic heterocycles. The molecule has 1 amide bonds. The van der Waals surface area contributed by atoms with Crippen LogP contribution < -0.4 is 5.32 Å². The van der Waals surface area contributed by atoms with Crippen molar-refractivity contribution in [3.63, 3.8) is 0 Å². The van der Waals surface area contributed by atoms with Crippen LogP contribution in [0, 0.1) is 11.3 Å². The van der Waals surface area contributed by atoms with E-state index in [1.165, 1.54) is 13.1 Å². The van der Waals surface area contributed by atoms with Gasteiger partial charge in [0.05, 0.1) is 0 Å². The minimum atomic E-state index is -0.637. The minimum absolute atomic E-state index is 0.00625. The smallest absolute Gasteiger partial charge is 0.238 e. The molecule has 2 N–H and O–H groups in total. The van der Waals surface area contributed by atoms with Gasteiger partial charge in [0.15, 0.2) is 0 Å². The first kappa shape index (κ1) is 14.5. The second-order valence-electron chi connectivity index (χ2n) is 4.45. The first-order valence-corrected chi connectivity index (χ1v) is 5.05. The van der Waals surface area contributed by atoms with Gasteiger partial charge in [0.1, 0.15) is 12.5 Å². The molecule has 0 rings (SSSR count). The van der Waals surface area contributed by atoms with Gasteiger partial charge in [-0.1, -0.05) is 38.6 Å². The van der Waals surface area contributed by atoms with E-state index < -0.39 is 11.3 Å². The quantitative estimate of drug-likeness (QED) is 0.251. The number of carbonyl (C=O) groups is 1. The third-order valence-electron chi connectivity index (χ3n) is 2.07. The summed E-state index contributed by atoms with van der Waals surface area (Å²) < 4.78 is 5.17. The number of hydrogen-bond donors (Lipinski definition) is 2. The van der Waals surface area contributed by atoms with Crippen LogP contribution in [-0.2, 0) is 9.53 Å². The maximum absolute atomic E-state index is 11.7. The van der Waals surface area contributed by atoms with Crippen molar-refractivity contribution in [1.82, 2.24) is 5.32 Å². The number of nitrogens with zero attached hydrogens (tertiary/aromatic N) is 1. The third-order valence-corrected chi connectivity index (χ3v) is 2.07. The zero-order valence-corrected chi connectivity index (χ0v) is 10.3. The van der Waals surface area contributed by atoms with E-state index >= 15 is 0 Å². The molecule has 0 bridgehead atoms. The average Bonchev–Trinajstić information content (AvgIpc) is 2.21. The Morgan fingerprint density at radius 1 is 1.62 bits per heavy atom. The van der Waals surface area contributed by atoms with Gasteiger partial charge in [-0.15, -0.1) is 0 Å². The van der Waals surface area contributed by atoms with Crippen molar-refractivity contribution < 1.29 is 14.7 Å². The Kier molecular flexibility index (Phi) is 5.56.